The second-order valence-electron chi connectivity index (χ2n) is 7.45. The zero-order chi connectivity index (χ0) is 22.8. The van der Waals surface area contributed by atoms with Crippen molar-refractivity contribution in [2.75, 3.05) is 4.90 Å². The molecule has 0 spiro atoms. The monoisotopic (exact) mass is 444 g/mol. The Morgan fingerprint density at radius 3 is 2.64 bits per heavy atom. The molecule has 0 unspecified atom stereocenters. The first-order chi connectivity index (χ1) is 16.1. The molecule has 7 nitrogen and oxygen atoms in total. The van der Waals surface area contributed by atoms with Gasteiger partial charge in [-0.2, -0.15) is 0 Å². The van der Waals surface area contributed by atoms with Gasteiger partial charge in [0.25, 0.3) is 0 Å². The number of hydrogen-bond acceptors (Lipinski definition) is 4. The van der Waals surface area contributed by atoms with E-state index in [4.69, 9.17) is 0 Å². The Balaban J connectivity index is 1.49. The topological polar surface area (TPSA) is 79.7 Å². The molecule has 0 fully saturated rings. The van der Waals surface area contributed by atoms with Crippen molar-refractivity contribution in [1.82, 2.24) is 25.0 Å². The number of amides is 1. The van der Waals surface area contributed by atoms with Crippen molar-refractivity contribution in [2.45, 2.75) is 13.1 Å². The van der Waals surface area contributed by atoms with Gasteiger partial charge in [0.2, 0.25) is 5.91 Å². The minimum absolute atomic E-state index is 0.0724. The fourth-order valence-electron chi connectivity index (χ4n) is 3.64. The Kier molecular flexibility index (Phi) is 5.35. The highest BCUT2D eigenvalue weighted by atomic mass is 19.1. The van der Waals surface area contributed by atoms with E-state index in [2.05, 4.69) is 20.3 Å². The van der Waals surface area contributed by atoms with Gasteiger partial charge in [0.1, 0.15) is 23.7 Å². The fraction of sp³-hybridized carbons (Fsp3) is 0.0833. The van der Waals surface area contributed by atoms with Crippen LogP contribution in [0.4, 0.5) is 14.5 Å². The maximum absolute atomic E-state index is 14.4. The number of nitrogens with one attached hydrogen (secondary N) is 1. The lowest BCUT2D eigenvalue weighted by Crippen LogP contribution is -2.34. The molecule has 164 valence electrons. The lowest BCUT2D eigenvalue weighted by Gasteiger charge is -2.23. The highest BCUT2D eigenvalue weighted by molar-refractivity contribution is 5.94. The lowest BCUT2D eigenvalue weighted by molar-refractivity contribution is -0.119. The molecule has 9 heteroatoms. The molecule has 0 saturated heterocycles. The number of fused-ring (bicyclic) bond motifs is 1. The summed E-state index contributed by atoms with van der Waals surface area (Å²) in [4.78, 5) is 21.9. The van der Waals surface area contributed by atoms with Crippen LogP contribution >= 0.6 is 0 Å². The SMILES string of the molecule is O=C(Cn1nnc2ccccc21)N(Cc1cc(F)ccc1F)c1ccc(-c2c[nH]cn2)cc1. The number of nitrogens with zero attached hydrogens (tertiary/aromatic N) is 5. The Bertz CT molecular complexity index is 1410. The van der Waals surface area contributed by atoms with E-state index in [1.54, 1.807) is 30.7 Å². The molecule has 1 N–H and O–H groups in total. The van der Waals surface area contributed by atoms with E-state index in [1.165, 1.54) is 9.58 Å². The lowest BCUT2D eigenvalue weighted by atomic mass is 10.1. The van der Waals surface area contributed by atoms with Crippen molar-refractivity contribution in [3.05, 3.63) is 96.5 Å². The fourth-order valence-corrected chi connectivity index (χ4v) is 3.64. The number of rotatable bonds is 6. The molecule has 0 aliphatic carbocycles. The van der Waals surface area contributed by atoms with Gasteiger partial charge >= 0.3 is 0 Å². The molecular formula is C24H18F2N6O. The molecule has 3 aromatic carbocycles. The third kappa shape index (κ3) is 4.20. The highest BCUT2D eigenvalue weighted by Gasteiger charge is 2.20. The van der Waals surface area contributed by atoms with Crippen molar-refractivity contribution >= 4 is 22.6 Å². The summed E-state index contributed by atoms with van der Waals surface area (Å²) in [6, 6.07) is 17.6. The number of halogens is 2. The molecule has 5 rings (SSSR count). The van der Waals surface area contributed by atoms with Gasteiger partial charge in [-0.15, -0.1) is 5.10 Å². The summed E-state index contributed by atoms with van der Waals surface area (Å²) in [6.45, 7) is -0.255. The highest BCUT2D eigenvalue weighted by Crippen LogP contribution is 2.24. The van der Waals surface area contributed by atoms with Crippen LogP contribution in [0.5, 0.6) is 0 Å². The minimum atomic E-state index is -0.589. The van der Waals surface area contributed by atoms with Crippen LogP contribution < -0.4 is 4.90 Å². The molecular weight excluding hydrogens is 426 g/mol. The van der Waals surface area contributed by atoms with E-state index in [-0.39, 0.29) is 24.6 Å². The number of carbonyl (C=O) groups is 1. The van der Waals surface area contributed by atoms with Crippen LogP contribution in [0.2, 0.25) is 0 Å². The van der Waals surface area contributed by atoms with E-state index in [0.29, 0.717) is 16.7 Å². The molecule has 0 atom stereocenters. The van der Waals surface area contributed by atoms with Crippen LogP contribution in [-0.2, 0) is 17.9 Å². The average Bonchev–Trinajstić information content (AvgIpc) is 3.51. The van der Waals surface area contributed by atoms with Crippen LogP contribution in [0.1, 0.15) is 5.56 Å². The van der Waals surface area contributed by atoms with Crippen molar-refractivity contribution in [3.63, 3.8) is 0 Å². The number of aromatic nitrogens is 5. The number of aromatic amines is 1. The van der Waals surface area contributed by atoms with Crippen molar-refractivity contribution < 1.29 is 13.6 Å². The molecule has 0 aliphatic rings. The molecule has 2 heterocycles. The number of para-hydroxylation sites is 1. The van der Waals surface area contributed by atoms with Crippen molar-refractivity contribution in [1.29, 1.82) is 0 Å². The quantitative estimate of drug-likeness (QED) is 0.423. The Morgan fingerprint density at radius 2 is 1.85 bits per heavy atom. The van der Waals surface area contributed by atoms with Gasteiger partial charge in [0, 0.05) is 23.0 Å². The predicted molar refractivity (Wildman–Crippen MR) is 119 cm³/mol. The van der Waals surface area contributed by atoms with Gasteiger partial charge in [0.15, 0.2) is 0 Å². The zero-order valence-electron chi connectivity index (χ0n) is 17.3. The van der Waals surface area contributed by atoms with Gasteiger partial charge in [-0.05, 0) is 42.5 Å². The second-order valence-corrected chi connectivity index (χ2v) is 7.45. The first kappa shape index (κ1) is 20.5. The molecule has 0 radical (unpaired) electrons. The van der Waals surface area contributed by atoms with Crippen LogP contribution in [0, 0.1) is 11.6 Å². The van der Waals surface area contributed by atoms with E-state index < -0.39 is 11.6 Å². The largest absolute Gasteiger partial charge is 0.351 e. The van der Waals surface area contributed by atoms with E-state index in [9.17, 15) is 13.6 Å². The minimum Gasteiger partial charge on any atom is -0.351 e. The molecule has 33 heavy (non-hydrogen) atoms. The number of anilines is 1. The first-order valence-electron chi connectivity index (χ1n) is 10.2. The van der Waals surface area contributed by atoms with E-state index >= 15 is 0 Å². The Morgan fingerprint density at radius 1 is 1.03 bits per heavy atom. The van der Waals surface area contributed by atoms with Crippen LogP contribution in [-0.4, -0.2) is 30.9 Å². The third-order valence-electron chi connectivity index (χ3n) is 5.32. The number of imidazole rings is 1. The summed E-state index contributed by atoms with van der Waals surface area (Å²) in [5.41, 5.74) is 3.58. The summed E-state index contributed by atoms with van der Waals surface area (Å²) in [5.74, 6) is -1.51. The van der Waals surface area contributed by atoms with Gasteiger partial charge in [-0.1, -0.05) is 29.5 Å². The van der Waals surface area contributed by atoms with Crippen molar-refractivity contribution in [2.24, 2.45) is 0 Å². The Hall–Kier alpha value is -4.40. The molecule has 1 amide bonds. The van der Waals surface area contributed by atoms with Gasteiger partial charge < -0.3 is 9.88 Å². The normalized spacial score (nSPS) is 11.1. The molecule has 5 aromatic rings. The summed E-state index contributed by atoms with van der Waals surface area (Å²) in [6.07, 6.45) is 3.34. The average molecular weight is 444 g/mol. The Labute approximate surface area is 187 Å². The number of carbonyl (C=O) groups excluding carboxylic acids is 1. The maximum atomic E-state index is 14.4. The maximum Gasteiger partial charge on any atom is 0.249 e. The first-order valence-corrected chi connectivity index (χ1v) is 10.2. The summed E-state index contributed by atoms with van der Waals surface area (Å²) in [7, 11) is 0. The standard InChI is InChI=1S/C24H18F2N6O/c25-18-7-10-20(26)17(11-18)13-31(19-8-5-16(6-9-19)22-12-27-15-28-22)24(33)14-32-23-4-2-1-3-21(23)29-30-32/h1-12,15H,13-14H2,(H,27,28). The summed E-state index contributed by atoms with van der Waals surface area (Å²) < 4.78 is 29.7. The smallest absolute Gasteiger partial charge is 0.249 e. The molecule has 0 bridgehead atoms. The van der Waals surface area contributed by atoms with Crippen molar-refractivity contribution in [3.8, 4) is 11.3 Å². The summed E-state index contributed by atoms with van der Waals surface area (Å²) in [5, 5.41) is 8.15. The molecule has 2 aromatic heterocycles. The molecule has 0 aliphatic heterocycles. The van der Waals surface area contributed by atoms with E-state index in [0.717, 1.165) is 29.5 Å². The number of H-pyrrole nitrogens is 1. The van der Waals surface area contributed by atoms with Gasteiger partial charge in [0.05, 0.1) is 24.1 Å². The van der Waals surface area contributed by atoms with Gasteiger partial charge in [-0.25, -0.2) is 18.4 Å². The van der Waals surface area contributed by atoms with Crippen LogP contribution in [0.3, 0.4) is 0 Å². The summed E-state index contributed by atoms with van der Waals surface area (Å²) >= 11 is 0. The molecule has 0 saturated carbocycles. The van der Waals surface area contributed by atoms with E-state index in [1.807, 2.05) is 30.3 Å². The zero-order valence-corrected chi connectivity index (χ0v) is 17.3. The second kappa shape index (κ2) is 8.62. The number of hydrogen-bond donors (Lipinski definition) is 1. The van der Waals surface area contributed by atoms with Gasteiger partial charge in [-0.3, -0.25) is 4.79 Å². The van der Waals surface area contributed by atoms with Crippen LogP contribution in [0.15, 0.2) is 79.3 Å². The number of benzene rings is 3. The van der Waals surface area contributed by atoms with Crippen LogP contribution in [0.25, 0.3) is 22.3 Å². The predicted octanol–water partition coefficient (Wildman–Crippen LogP) is 4.33. The third-order valence-corrected chi connectivity index (χ3v) is 5.32.